The van der Waals surface area contributed by atoms with E-state index in [1.165, 1.54) is 0 Å². The molecule has 1 unspecified atom stereocenters. The van der Waals surface area contributed by atoms with Crippen molar-refractivity contribution in [3.63, 3.8) is 0 Å². The SMILES string of the molecule is COc1cccc(NC(=O)C2CC(=O)N(c3ccc4c(c3)CCN4C(=O)C3CCC3)C2)c1. The summed E-state index contributed by atoms with van der Waals surface area (Å²) >= 11 is 0. The molecule has 7 heteroatoms. The molecule has 1 N–H and O–H groups in total. The number of carbonyl (C=O) groups excluding carboxylic acids is 3. The van der Waals surface area contributed by atoms with Crippen molar-refractivity contribution in [1.29, 1.82) is 0 Å². The minimum absolute atomic E-state index is 0.0591. The molecular formula is C25H27N3O4. The van der Waals surface area contributed by atoms with Crippen LogP contribution in [0.15, 0.2) is 42.5 Å². The van der Waals surface area contributed by atoms with Gasteiger partial charge in [-0.05, 0) is 55.2 Å². The summed E-state index contributed by atoms with van der Waals surface area (Å²) in [5.74, 6) is 0.413. The Morgan fingerprint density at radius 1 is 1.09 bits per heavy atom. The number of carbonyl (C=O) groups is 3. The predicted molar refractivity (Wildman–Crippen MR) is 122 cm³/mol. The second-order valence-corrected chi connectivity index (χ2v) is 8.81. The molecule has 0 bridgehead atoms. The molecule has 3 aliphatic rings. The van der Waals surface area contributed by atoms with Gasteiger partial charge in [-0.2, -0.15) is 0 Å². The largest absolute Gasteiger partial charge is 0.497 e. The van der Waals surface area contributed by atoms with Gasteiger partial charge < -0.3 is 19.9 Å². The smallest absolute Gasteiger partial charge is 0.230 e. The van der Waals surface area contributed by atoms with Gasteiger partial charge in [0.2, 0.25) is 17.7 Å². The van der Waals surface area contributed by atoms with Crippen molar-refractivity contribution in [2.75, 3.05) is 35.3 Å². The van der Waals surface area contributed by atoms with Crippen LogP contribution in [-0.4, -0.2) is 37.9 Å². The summed E-state index contributed by atoms with van der Waals surface area (Å²) in [6.45, 7) is 1.05. The van der Waals surface area contributed by atoms with Crippen molar-refractivity contribution >= 4 is 34.8 Å². The first-order valence-electron chi connectivity index (χ1n) is 11.2. The monoisotopic (exact) mass is 433 g/mol. The highest BCUT2D eigenvalue weighted by molar-refractivity contribution is 6.04. The summed E-state index contributed by atoms with van der Waals surface area (Å²) in [6.07, 6.45) is 4.09. The zero-order valence-corrected chi connectivity index (χ0v) is 18.2. The van der Waals surface area contributed by atoms with Crippen LogP contribution in [0.2, 0.25) is 0 Å². The second-order valence-electron chi connectivity index (χ2n) is 8.81. The maximum atomic E-state index is 12.8. The Bertz CT molecular complexity index is 1080. The number of ether oxygens (including phenoxy) is 1. The molecule has 2 fully saturated rings. The molecule has 1 saturated carbocycles. The van der Waals surface area contributed by atoms with Gasteiger partial charge >= 0.3 is 0 Å². The molecule has 166 valence electrons. The Morgan fingerprint density at radius 2 is 1.94 bits per heavy atom. The van der Waals surface area contributed by atoms with E-state index in [1.807, 2.05) is 35.2 Å². The predicted octanol–water partition coefficient (Wildman–Crippen LogP) is 3.38. The van der Waals surface area contributed by atoms with E-state index < -0.39 is 5.92 Å². The normalized spacial score (nSPS) is 20.2. The minimum Gasteiger partial charge on any atom is -0.497 e. The lowest BCUT2D eigenvalue weighted by atomic mass is 9.84. The molecule has 32 heavy (non-hydrogen) atoms. The second kappa shape index (κ2) is 8.30. The van der Waals surface area contributed by atoms with Gasteiger partial charge in [0.25, 0.3) is 0 Å². The van der Waals surface area contributed by atoms with Gasteiger partial charge in [-0.25, -0.2) is 0 Å². The number of methoxy groups -OCH3 is 1. The third-order valence-corrected chi connectivity index (χ3v) is 6.82. The van der Waals surface area contributed by atoms with E-state index >= 15 is 0 Å². The number of rotatable bonds is 5. The summed E-state index contributed by atoms with van der Waals surface area (Å²) in [5.41, 5.74) is 3.49. The lowest BCUT2D eigenvalue weighted by Crippen LogP contribution is -2.37. The molecular weight excluding hydrogens is 406 g/mol. The molecule has 0 aromatic heterocycles. The molecule has 2 heterocycles. The zero-order valence-electron chi connectivity index (χ0n) is 18.2. The summed E-state index contributed by atoms with van der Waals surface area (Å²) in [6, 6.07) is 13.0. The van der Waals surface area contributed by atoms with Crippen LogP contribution in [0.25, 0.3) is 0 Å². The van der Waals surface area contributed by atoms with E-state index in [1.54, 1.807) is 24.1 Å². The number of nitrogens with one attached hydrogen (secondary N) is 1. The Labute approximate surface area is 187 Å². The van der Waals surface area contributed by atoms with E-state index in [0.717, 1.165) is 42.6 Å². The lowest BCUT2D eigenvalue weighted by Gasteiger charge is -2.29. The van der Waals surface area contributed by atoms with Crippen LogP contribution in [0.3, 0.4) is 0 Å². The fourth-order valence-corrected chi connectivity index (χ4v) is 4.74. The molecule has 0 spiro atoms. The molecule has 2 aromatic rings. The molecule has 1 saturated heterocycles. The first kappa shape index (κ1) is 20.5. The van der Waals surface area contributed by atoms with E-state index in [4.69, 9.17) is 4.74 Å². The molecule has 1 aliphatic carbocycles. The van der Waals surface area contributed by atoms with Crippen molar-refractivity contribution in [1.82, 2.24) is 0 Å². The average Bonchev–Trinajstić information content (AvgIpc) is 3.35. The quantitative estimate of drug-likeness (QED) is 0.784. The fraction of sp³-hybridized carbons (Fsp3) is 0.400. The lowest BCUT2D eigenvalue weighted by molar-refractivity contribution is -0.124. The maximum absolute atomic E-state index is 12.8. The summed E-state index contributed by atoms with van der Waals surface area (Å²) < 4.78 is 5.20. The van der Waals surface area contributed by atoms with Crippen molar-refractivity contribution in [2.45, 2.75) is 32.1 Å². The van der Waals surface area contributed by atoms with Crippen LogP contribution < -0.4 is 19.9 Å². The van der Waals surface area contributed by atoms with Gasteiger partial charge in [0.15, 0.2) is 0 Å². The van der Waals surface area contributed by atoms with E-state index in [0.29, 0.717) is 24.5 Å². The Kier molecular flexibility index (Phi) is 5.33. The molecule has 2 aliphatic heterocycles. The third kappa shape index (κ3) is 3.72. The summed E-state index contributed by atoms with van der Waals surface area (Å²) in [4.78, 5) is 41.8. The Balaban J connectivity index is 1.27. The first-order valence-corrected chi connectivity index (χ1v) is 11.2. The molecule has 7 nitrogen and oxygen atoms in total. The van der Waals surface area contributed by atoms with Crippen LogP contribution >= 0.6 is 0 Å². The Morgan fingerprint density at radius 3 is 2.69 bits per heavy atom. The van der Waals surface area contributed by atoms with Crippen LogP contribution in [0, 0.1) is 11.8 Å². The molecule has 2 aromatic carbocycles. The van der Waals surface area contributed by atoms with Crippen molar-refractivity contribution in [3.8, 4) is 5.75 Å². The highest BCUT2D eigenvalue weighted by Crippen LogP contribution is 2.37. The van der Waals surface area contributed by atoms with Gasteiger partial charge in [0, 0.05) is 48.6 Å². The molecule has 0 radical (unpaired) electrons. The van der Waals surface area contributed by atoms with Gasteiger partial charge in [0.05, 0.1) is 13.0 Å². The standard InChI is InChI=1S/C25H27N3O4/c1-32-21-7-3-6-19(14-21)26-24(30)18-13-23(29)28(15-18)20-8-9-22-17(12-20)10-11-27(22)25(31)16-4-2-5-16/h3,6-9,12,14,16,18H,2,4-5,10-11,13,15H2,1H3,(H,26,30). The topological polar surface area (TPSA) is 79.0 Å². The van der Waals surface area contributed by atoms with Gasteiger partial charge in [0.1, 0.15) is 5.75 Å². The number of hydrogen-bond acceptors (Lipinski definition) is 4. The molecule has 5 rings (SSSR count). The Hall–Kier alpha value is -3.35. The van der Waals surface area contributed by atoms with E-state index in [9.17, 15) is 14.4 Å². The average molecular weight is 434 g/mol. The molecule has 1 atom stereocenters. The molecule has 3 amide bonds. The van der Waals surface area contributed by atoms with Crippen LogP contribution in [0.4, 0.5) is 17.1 Å². The third-order valence-electron chi connectivity index (χ3n) is 6.82. The maximum Gasteiger partial charge on any atom is 0.230 e. The van der Waals surface area contributed by atoms with E-state index in [-0.39, 0.29) is 30.1 Å². The number of anilines is 3. The number of hydrogen-bond donors (Lipinski definition) is 1. The van der Waals surface area contributed by atoms with Crippen LogP contribution in [-0.2, 0) is 20.8 Å². The van der Waals surface area contributed by atoms with Crippen molar-refractivity contribution < 1.29 is 19.1 Å². The zero-order chi connectivity index (χ0) is 22.2. The van der Waals surface area contributed by atoms with Gasteiger partial charge in [-0.1, -0.05) is 12.5 Å². The fourth-order valence-electron chi connectivity index (χ4n) is 4.74. The number of fused-ring (bicyclic) bond motifs is 1. The van der Waals surface area contributed by atoms with Gasteiger partial charge in [-0.3, -0.25) is 14.4 Å². The van der Waals surface area contributed by atoms with Crippen molar-refractivity contribution in [3.05, 3.63) is 48.0 Å². The first-order chi connectivity index (χ1) is 15.5. The number of amides is 3. The van der Waals surface area contributed by atoms with Crippen LogP contribution in [0.1, 0.15) is 31.2 Å². The number of benzene rings is 2. The van der Waals surface area contributed by atoms with Gasteiger partial charge in [-0.15, -0.1) is 0 Å². The van der Waals surface area contributed by atoms with Crippen LogP contribution in [0.5, 0.6) is 5.75 Å². The van der Waals surface area contributed by atoms with E-state index in [2.05, 4.69) is 5.32 Å². The summed E-state index contributed by atoms with van der Waals surface area (Å²) in [5, 5.41) is 2.89. The number of nitrogens with zero attached hydrogens (tertiary/aromatic N) is 2. The van der Waals surface area contributed by atoms with Crippen molar-refractivity contribution in [2.24, 2.45) is 11.8 Å². The minimum atomic E-state index is -0.418. The highest BCUT2D eigenvalue weighted by Gasteiger charge is 2.37. The highest BCUT2D eigenvalue weighted by atomic mass is 16.5. The summed E-state index contributed by atoms with van der Waals surface area (Å²) in [7, 11) is 1.58.